The van der Waals surface area contributed by atoms with Crippen LogP contribution in [0.5, 0.6) is 0 Å². The van der Waals surface area contributed by atoms with Crippen LogP contribution in [-0.2, 0) is 29.0 Å². The Balaban J connectivity index is 1.60. The summed E-state index contributed by atoms with van der Waals surface area (Å²) >= 11 is 0. The van der Waals surface area contributed by atoms with Crippen molar-refractivity contribution in [3.05, 3.63) is 42.5 Å². The average Bonchev–Trinajstić information content (AvgIpc) is 3.75. The maximum atomic E-state index is 13.8. The van der Waals surface area contributed by atoms with Crippen LogP contribution in [0.3, 0.4) is 0 Å². The van der Waals surface area contributed by atoms with Crippen LogP contribution in [0.2, 0.25) is 0 Å². The van der Waals surface area contributed by atoms with E-state index in [1.54, 1.807) is 35.2 Å². The number of carbonyl (C=O) groups is 3. The van der Waals surface area contributed by atoms with Crippen LogP contribution in [0, 0.1) is 11.3 Å². The molecule has 1 heterocycles. The Morgan fingerprint density at radius 3 is 2.50 bits per heavy atom. The molecule has 1 aliphatic heterocycles. The normalized spacial score (nSPS) is 20.3. The lowest BCUT2D eigenvalue weighted by molar-refractivity contribution is -0.149. The van der Waals surface area contributed by atoms with E-state index in [4.69, 9.17) is 21.6 Å². The molecule has 1 saturated carbocycles. The number of carboxylic acid groups (broad SMARTS) is 1. The van der Waals surface area contributed by atoms with E-state index < -0.39 is 56.7 Å². The van der Waals surface area contributed by atoms with Crippen LogP contribution >= 0.6 is 0 Å². The predicted octanol–water partition coefficient (Wildman–Crippen LogP) is -0.156. The van der Waals surface area contributed by atoms with Gasteiger partial charge in [-0.05, 0) is 41.7 Å². The summed E-state index contributed by atoms with van der Waals surface area (Å²) < 4.78 is 33.1. The molecule has 3 atom stereocenters. The fourth-order valence-electron chi connectivity index (χ4n) is 4.67. The summed E-state index contributed by atoms with van der Waals surface area (Å²) in [6.45, 7) is 0.942. The van der Waals surface area contributed by atoms with E-state index in [9.17, 15) is 27.9 Å². The minimum Gasteiger partial charge on any atom is -0.480 e. The number of sulfone groups is 1. The third-order valence-electron chi connectivity index (χ3n) is 7.08. The molecule has 204 valence electrons. The van der Waals surface area contributed by atoms with E-state index in [1.807, 2.05) is 0 Å². The molecule has 2 aromatic rings. The minimum atomic E-state index is -4.51. The number of nitrogens with two attached hydrogens (primary N) is 2. The van der Waals surface area contributed by atoms with Gasteiger partial charge in [-0.1, -0.05) is 30.3 Å². The van der Waals surface area contributed by atoms with Gasteiger partial charge in [0.25, 0.3) is 0 Å². The number of fused-ring (bicyclic) bond motifs is 1. The lowest BCUT2D eigenvalue weighted by Crippen LogP contribution is -2.62. The van der Waals surface area contributed by atoms with Gasteiger partial charge in [0, 0.05) is 19.6 Å². The smallest absolute Gasteiger partial charge is 0.331 e. The zero-order chi connectivity index (χ0) is 27.7. The fourth-order valence-corrected chi connectivity index (χ4v) is 6.39. The number of ketones is 1. The lowest BCUT2D eigenvalue weighted by Gasteiger charge is -2.33. The largest absolute Gasteiger partial charge is 0.480 e. The molecule has 2 aliphatic rings. The van der Waals surface area contributed by atoms with Crippen LogP contribution in [0.25, 0.3) is 10.8 Å². The first kappa shape index (κ1) is 27.5. The quantitative estimate of drug-likeness (QED) is 0.151. The van der Waals surface area contributed by atoms with Crippen LogP contribution in [0.15, 0.2) is 47.4 Å². The highest BCUT2D eigenvalue weighted by Crippen LogP contribution is 2.41. The Morgan fingerprint density at radius 2 is 1.87 bits per heavy atom. The van der Waals surface area contributed by atoms with E-state index in [0.29, 0.717) is 24.8 Å². The molecule has 7 N–H and O–H groups in total. The Morgan fingerprint density at radius 1 is 1.18 bits per heavy atom. The van der Waals surface area contributed by atoms with Gasteiger partial charge in [0.1, 0.15) is 5.25 Å². The first-order valence-electron chi connectivity index (χ1n) is 12.2. The molecule has 0 radical (unpaired) electrons. The molecule has 0 bridgehead atoms. The molecule has 1 aliphatic carbocycles. The van der Waals surface area contributed by atoms with Crippen molar-refractivity contribution in [1.82, 2.24) is 10.2 Å². The van der Waals surface area contributed by atoms with Gasteiger partial charge in [-0.15, -0.1) is 0 Å². The summed E-state index contributed by atoms with van der Waals surface area (Å²) in [5, 5.41) is 19.3. The summed E-state index contributed by atoms with van der Waals surface area (Å²) in [6, 6.07) is 11.3. The van der Waals surface area contributed by atoms with Gasteiger partial charge in [0.05, 0.1) is 24.0 Å². The molecule has 2 fully saturated rings. The average molecular weight is 546 g/mol. The number of benzene rings is 2. The molecular weight excluding hydrogens is 514 g/mol. The fraction of sp³-hybridized carbons (Fsp3) is 0.440. The Bertz CT molecular complexity index is 1380. The zero-order valence-electron chi connectivity index (χ0n) is 20.6. The Labute approximate surface area is 219 Å². The number of guanidine groups is 1. The number of carbonyl (C=O) groups excluding carboxylic acids is 2. The molecule has 13 heteroatoms. The molecule has 0 aromatic heterocycles. The lowest BCUT2D eigenvalue weighted by atomic mass is 9.86. The third-order valence-corrected chi connectivity index (χ3v) is 9.12. The van der Waals surface area contributed by atoms with E-state index in [2.05, 4.69) is 5.32 Å². The summed E-state index contributed by atoms with van der Waals surface area (Å²) in [4.78, 5) is 40.0. The van der Waals surface area contributed by atoms with Crippen molar-refractivity contribution in [1.29, 1.82) is 5.41 Å². The van der Waals surface area contributed by atoms with E-state index >= 15 is 0 Å². The number of ether oxygens (including phenoxy) is 1. The SMILES string of the molecule is N=C(N)N1CCOC(CNC(=O)CC(C(=O)C(N)(C(=O)O)C2CC2)S(=O)(=O)c2ccc3ccccc3c2)C1. The van der Waals surface area contributed by atoms with Crippen LogP contribution in [0.4, 0.5) is 0 Å². The number of hydrogen-bond acceptors (Lipinski definition) is 8. The van der Waals surface area contributed by atoms with Crippen molar-refractivity contribution < 1.29 is 32.6 Å². The topological polar surface area (TPSA) is 206 Å². The Kier molecular flexibility index (Phi) is 7.72. The zero-order valence-corrected chi connectivity index (χ0v) is 21.4. The molecular formula is C25H31N5O7S. The van der Waals surface area contributed by atoms with Crippen LogP contribution in [-0.4, -0.2) is 85.2 Å². The van der Waals surface area contributed by atoms with Crippen LogP contribution in [0.1, 0.15) is 19.3 Å². The summed E-state index contributed by atoms with van der Waals surface area (Å²) in [5.41, 5.74) is 9.16. The van der Waals surface area contributed by atoms with Gasteiger partial charge in [-0.25, -0.2) is 13.2 Å². The van der Waals surface area contributed by atoms with E-state index in [1.165, 1.54) is 12.1 Å². The number of Topliss-reactive ketones (excluding diaryl/α,β-unsaturated/α-hetero) is 1. The van der Waals surface area contributed by atoms with Crippen molar-refractivity contribution in [2.45, 2.75) is 41.1 Å². The minimum absolute atomic E-state index is 0.0190. The number of amides is 1. The van der Waals surface area contributed by atoms with Crippen molar-refractivity contribution in [3.63, 3.8) is 0 Å². The second kappa shape index (κ2) is 10.7. The first-order chi connectivity index (χ1) is 17.9. The number of aliphatic carboxylic acids is 1. The number of rotatable bonds is 10. The molecule has 38 heavy (non-hydrogen) atoms. The van der Waals surface area contributed by atoms with Crippen molar-refractivity contribution in [2.75, 3.05) is 26.2 Å². The second-order valence-electron chi connectivity index (χ2n) is 9.69. The summed E-state index contributed by atoms with van der Waals surface area (Å²) in [7, 11) is -4.51. The third kappa shape index (κ3) is 5.49. The first-order valence-corrected chi connectivity index (χ1v) is 13.8. The number of carboxylic acids is 1. The summed E-state index contributed by atoms with van der Waals surface area (Å²) in [5.74, 6) is -4.46. The van der Waals surface area contributed by atoms with Crippen LogP contribution < -0.4 is 16.8 Å². The molecule has 12 nitrogen and oxygen atoms in total. The van der Waals surface area contributed by atoms with Gasteiger partial charge in [0.2, 0.25) is 5.91 Å². The maximum absolute atomic E-state index is 13.8. The highest BCUT2D eigenvalue weighted by molar-refractivity contribution is 7.92. The second-order valence-corrected chi connectivity index (χ2v) is 11.8. The number of morpholine rings is 1. The molecule has 1 amide bonds. The molecule has 1 saturated heterocycles. The van der Waals surface area contributed by atoms with Crippen molar-refractivity contribution in [3.8, 4) is 0 Å². The maximum Gasteiger partial charge on any atom is 0.331 e. The van der Waals surface area contributed by atoms with Gasteiger partial charge in [-0.2, -0.15) is 0 Å². The molecule has 4 rings (SSSR count). The van der Waals surface area contributed by atoms with E-state index in [0.717, 1.165) is 5.39 Å². The van der Waals surface area contributed by atoms with Gasteiger partial charge in [-0.3, -0.25) is 15.0 Å². The molecule has 0 spiro atoms. The summed E-state index contributed by atoms with van der Waals surface area (Å²) in [6.07, 6.45) is -0.581. The van der Waals surface area contributed by atoms with Crippen molar-refractivity contribution in [2.24, 2.45) is 17.4 Å². The number of hydrogen-bond donors (Lipinski definition) is 5. The highest BCUT2D eigenvalue weighted by Gasteiger charge is 2.58. The number of nitrogens with zero attached hydrogens (tertiary/aromatic N) is 1. The van der Waals surface area contributed by atoms with E-state index in [-0.39, 0.29) is 30.6 Å². The monoisotopic (exact) mass is 545 g/mol. The van der Waals surface area contributed by atoms with Crippen molar-refractivity contribution >= 4 is 44.2 Å². The number of nitrogens with one attached hydrogen (secondary N) is 2. The molecule has 3 unspecified atom stereocenters. The van der Waals surface area contributed by atoms with Gasteiger partial charge >= 0.3 is 5.97 Å². The molecule has 2 aromatic carbocycles. The van der Waals surface area contributed by atoms with Gasteiger partial charge < -0.3 is 31.5 Å². The predicted molar refractivity (Wildman–Crippen MR) is 138 cm³/mol. The van der Waals surface area contributed by atoms with Gasteiger partial charge in [0.15, 0.2) is 27.1 Å². The highest BCUT2D eigenvalue weighted by atomic mass is 32.2. The Hall–Kier alpha value is -3.55. The standard InChI is InChI=1S/C25H31N5O7S/c26-24(27)30-9-10-37-18(14-30)13-29-21(31)12-20(22(32)25(28,23(33)34)17-6-7-17)38(35,36)19-8-5-15-3-1-2-4-16(15)11-19/h1-5,8,11,17-18,20H,6-7,9-10,12-14,28H2,(H3,26,27)(H,29,31)(H,33,34).